The molecule has 0 saturated heterocycles. The normalized spacial score (nSPS) is 12.1. The molecule has 0 saturated carbocycles. The molecule has 0 aliphatic rings. The molecule has 0 radical (unpaired) electrons. The molecule has 3 rings (SSSR count). The number of likely N-dealkylation sites (N-methyl/N-ethyl adjacent to an activating group) is 1. The van der Waals surface area contributed by atoms with Gasteiger partial charge in [-0.3, -0.25) is 4.79 Å². The van der Waals surface area contributed by atoms with Crippen LogP contribution in [0.2, 0.25) is 0 Å². The highest BCUT2D eigenvalue weighted by molar-refractivity contribution is 5.88. The summed E-state index contributed by atoms with van der Waals surface area (Å²) in [5, 5.41) is 1.07. The van der Waals surface area contributed by atoms with Crippen molar-refractivity contribution in [2.75, 3.05) is 20.6 Å². The molecule has 0 bridgehead atoms. The first-order valence-corrected chi connectivity index (χ1v) is 8.65. The van der Waals surface area contributed by atoms with E-state index in [-0.39, 0.29) is 5.56 Å². The number of nitrogens with one attached hydrogen (secondary N) is 1. The molecule has 0 unspecified atom stereocenters. The van der Waals surface area contributed by atoms with Gasteiger partial charge in [-0.25, -0.2) is 0 Å². The van der Waals surface area contributed by atoms with Crippen LogP contribution >= 0.6 is 0 Å². The van der Waals surface area contributed by atoms with Crippen molar-refractivity contribution >= 4 is 16.5 Å². The average Bonchev–Trinajstić information content (AvgIpc) is 2.62. The van der Waals surface area contributed by atoms with Gasteiger partial charge in [0.2, 0.25) is 0 Å². The lowest BCUT2D eigenvalue weighted by atomic mass is 9.96. The maximum atomic E-state index is 12.0. The van der Waals surface area contributed by atoms with Crippen molar-refractivity contribution in [2.45, 2.75) is 13.3 Å². The van der Waals surface area contributed by atoms with Crippen LogP contribution in [0.15, 0.2) is 65.5 Å². The number of fused-ring (bicyclic) bond motifs is 1. The van der Waals surface area contributed by atoms with Gasteiger partial charge in [-0.15, -0.1) is 0 Å². The van der Waals surface area contributed by atoms with Gasteiger partial charge in [-0.05, 0) is 60.8 Å². The molecule has 2 aromatic carbocycles. The Labute approximate surface area is 148 Å². The van der Waals surface area contributed by atoms with Crippen LogP contribution in [0, 0.1) is 0 Å². The maximum Gasteiger partial charge on any atom is 0.251 e. The zero-order chi connectivity index (χ0) is 17.8. The Morgan fingerprint density at radius 3 is 2.48 bits per heavy atom. The molecule has 25 heavy (non-hydrogen) atoms. The minimum Gasteiger partial charge on any atom is -0.322 e. The monoisotopic (exact) mass is 332 g/mol. The molecule has 0 fully saturated rings. The van der Waals surface area contributed by atoms with Gasteiger partial charge in [-0.1, -0.05) is 49.4 Å². The quantitative estimate of drug-likeness (QED) is 0.764. The number of rotatable bonds is 5. The first-order chi connectivity index (χ1) is 12.1. The fourth-order valence-electron chi connectivity index (χ4n) is 2.98. The molecular weight excluding hydrogens is 308 g/mol. The van der Waals surface area contributed by atoms with Crippen LogP contribution in [-0.2, 0) is 6.42 Å². The molecule has 0 atom stereocenters. The molecule has 3 heteroatoms. The highest BCUT2D eigenvalue weighted by Crippen LogP contribution is 2.26. The van der Waals surface area contributed by atoms with Gasteiger partial charge >= 0.3 is 0 Å². The third-order valence-electron chi connectivity index (χ3n) is 4.36. The predicted octanol–water partition coefficient (Wildman–Crippen LogP) is 4.08. The summed E-state index contributed by atoms with van der Waals surface area (Å²) >= 11 is 0. The molecule has 3 aromatic rings. The Morgan fingerprint density at radius 1 is 1.04 bits per heavy atom. The highest BCUT2D eigenvalue weighted by atomic mass is 16.1. The molecular formula is C22H24N2O. The van der Waals surface area contributed by atoms with Crippen molar-refractivity contribution in [3.63, 3.8) is 0 Å². The number of aromatic nitrogens is 1. The summed E-state index contributed by atoms with van der Waals surface area (Å²) in [4.78, 5) is 17.1. The maximum absolute atomic E-state index is 12.0. The van der Waals surface area contributed by atoms with Crippen molar-refractivity contribution in [3.8, 4) is 0 Å². The third-order valence-corrected chi connectivity index (χ3v) is 4.36. The Balaban J connectivity index is 2.13. The second-order valence-electron chi connectivity index (χ2n) is 6.53. The van der Waals surface area contributed by atoms with Crippen molar-refractivity contribution in [2.24, 2.45) is 0 Å². The SMILES string of the molecule is CCc1cc2cc(/C(=C/CN(C)C)c3ccccc3)ccc2[nH]c1=O. The number of hydrogen-bond acceptors (Lipinski definition) is 2. The van der Waals surface area contributed by atoms with E-state index >= 15 is 0 Å². The number of aryl methyl sites for hydroxylation is 1. The molecule has 1 N–H and O–H groups in total. The number of aromatic amines is 1. The van der Waals surface area contributed by atoms with Crippen LogP contribution < -0.4 is 5.56 Å². The van der Waals surface area contributed by atoms with E-state index in [1.54, 1.807) is 0 Å². The fraction of sp³-hybridized carbons (Fsp3) is 0.227. The molecule has 3 nitrogen and oxygen atoms in total. The molecule has 1 aromatic heterocycles. The first-order valence-electron chi connectivity index (χ1n) is 8.65. The molecule has 0 amide bonds. The summed E-state index contributed by atoms with van der Waals surface area (Å²) in [7, 11) is 4.13. The molecule has 1 heterocycles. The van der Waals surface area contributed by atoms with E-state index < -0.39 is 0 Å². The third kappa shape index (κ3) is 3.89. The Hall–Kier alpha value is -2.65. The van der Waals surface area contributed by atoms with Gasteiger partial charge in [-0.2, -0.15) is 0 Å². The summed E-state index contributed by atoms with van der Waals surface area (Å²) in [6.07, 6.45) is 2.99. The van der Waals surface area contributed by atoms with E-state index in [1.807, 2.05) is 25.1 Å². The minimum atomic E-state index is 0.00850. The zero-order valence-electron chi connectivity index (χ0n) is 15.0. The van der Waals surface area contributed by atoms with Crippen LogP contribution in [0.3, 0.4) is 0 Å². The fourth-order valence-corrected chi connectivity index (χ4v) is 2.98. The van der Waals surface area contributed by atoms with E-state index in [0.29, 0.717) is 0 Å². The summed E-state index contributed by atoms with van der Waals surface area (Å²) in [5.41, 5.74) is 5.28. The lowest BCUT2D eigenvalue weighted by Crippen LogP contribution is -2.12. The molecule has 128 valence electrons. The summed E-state index contributed by atoms with van der Waals surface area (Å²) in [6, 6.07) is 18.7. The first kappa shape index (κ1) is 17.2. The van der Waals surface area contributed by atoms with E-state index in [4.69, 9.17) is 0 Å². The van der Waals surface area contributed by atoms with Crippen LogP contribution in [0.4, 0.5) is 0 Å². The van der Waals surface area contributed by atoms with Gasteiger partial charge in [0.25, 0.3) is 5.56 Å². The van der Waals surface area contributed by atoms with E-state index in [0.717, 1.165) is 35.0 Å². The van der Waals surface area contributed by atoms with Crippen LogP contribution in [0.25, 0.3) is 16.5 Å². The molecule has 0 aliphatic heterocycles. The highest BCUT2D eigenvalue weighted by Gasteiger charge is 2.08. The Kier molecular flexibility index (Phi) is 5.15. The minimum absolute atomic E-state index is 0.00850. The van der Waals surface area contributed by atoms with Crippen molar-refractivity contribution in [1.82, 2.24) is 9.88 Å². The molecule has 0 spiro atoms. The van der Waals surface area contributed by atoms with Gasteiger partial charge in [0.1, 0.15) is 0 Å². The van der Waals surface area contributed by atoms with Crippen molar-refractivity contribution < 1.29 is 0 Å². The van der Waals surface area contributed by atoms with Gasteiger partial charge < -0.3 is 9.88 Å². The lowest BCUT2D eigenvalue weighted by molar-refractivity contribution is 0.457. The number of hydrogen-bond donors (Lipinski definition) is 1. The number of benzene rings is 2. The topological polar surface area (TPSA) is 36.1 Å². The Bertz CT molecular complexity index is 953. The summed E-state index contributed by atoms with van der Waals surface area (Å²) < 4.78 is 0. The van der Waals surface area contributed by atoms with Crippen molar-refractivity contribution in [1.29, 1.82) is 0 Å². The van der Waals surface area contributed by atoms with E-state index in [9.17, 15) is 4.79 Å². The largest absolute Gasteiger partial charge is 0.322 e. The second-order valence-corrected chi connectivity index (χ2v) is 6.53. The number of H-pyrrole nitrogens is 1. The lowest BCUT2D eigenvalue weighted by Gasteiger charge is -2.13. The summed E-state index contributed by atoms with van der Waals surface area (Å²) in [6.45, 7) is 2.88. The van der Waals surface area contributed by atoms with Crippen LogP contribution in [-0.4, -0.2) is 30.5 Å². The van der Waals surface area contributed by atoms with Gasteiger partial charge in [0.15, 0.2) is 0 Å². The zero-order valence-corrected chi connectivity index (χ0v) is 15.0. The Morgan fingerprint density at radius 2 is 1.80 bits per heavy atom. The van der Waals surface area contributed by atoms with E-state index in [2.05, 4.69) is 66.5 Å². The standard InChI is InChI=1S/C22H24N2O/c1-4-16-14-19-15-18(10-11-21(19)23-22(16)25)20(12-13-24(2)3)17-8-6-5-7-9-17/h5-12,14-15H,4,13H2,1-3H3,(H,23,25)/b20-12+. The smallest absolute Gasteiger partial charge is 0.251 e. The molecule has 0 aliphatic carbocycles. The number of nitrogens with zero attached hydrogens (tertiary/aromatic N) is 1. The number of pyridine rings is 1. The second kappa shape index (κ2) is 7.49. The van der Waals surface area contributed by atoms with Crippen molar-refractivity contribution in [3.05, 3.63) is 87.7 Å². The van der Waals surface area contributed by atoms with Gasteiger partial charge in [0, 0.05) is 17.6 Å². The van der Waals surface area contributed by atoms with Crippen LogP contribution in [0.5, 0.6) is 0 Å². The van der Waals surface area contributed by atoms with Gasteiger partial charge in [0.05, 0.1) is 0 Å². The average molecular weight is 332 g/mol. The predicted molar refractivity (Wildman–Crippen MR) is 106 cm³/mol. The van der Waals surface area contributed by atoms with Crippen LogP contribution in [0.1, 0.15) is 23.6 Å². The summed E-state index contributed by atoms with van der Waals surface area (Å²) in [5.74, 6) is 0. The van der Waals surface area contributed by atoms with E-state index in [1.165, 1.54) is 11.1 Å².